The lowest BCUT2D eigenvalue weighted by molar-refractivity contribution is -0.109. The number of aldehydes is 1. The van der Waals surface area contributed by atoms with E-state index in [2.05, 4.69) is 0 Å². The van der Waals surface area contributed by atoms with Crippen LogP contribution in [0.4, 0.5) is 0 Å². The molecule has 2 nitrogen and oxygen atoms in total. The summed E-state index contributed by atoms with van der Waals surface area (Å²) in [6, 6.07) is 5.55. The topological polar surface area (TPSA) is 34.1 Å². The summed E-state index contributed by atoms with van der Waals surface area (Å²) in [4.78, 5) is 21.2. The van der Waals surface area contributed by atoms with Crippen molar-refractivity contribution in [1.29, 1.82) is 0 Å². The van der Waals surface area contributed by atoms with Crippen LogP contribution in [0, 0.1) is 6.92 Å². The Balaban J connectivity index is 2.66. The number of carbonyl (C=O) groups is 2. The van der Waals surface area contributed by atoms with Crippen molar-refractivity contribution in [2.75, 3.05) is 5.75 Å². The van der Waals surface area contributed by atoms with Gasteiger partial charge in [-0.2, -0.15) is 0 Å². The fourth-order valence-corrected chi connectivity index (χ4v) is 1.73. The minimum atomic E-state index is 0.123. The van der Waals surface area contributed by atoms with Gasteiger partial charge < -0.3 is 0 Å². The molecule has 0 atom stereocenters. The molecule has 0 radical (unpaired) electrons. The molecule has 0 aliphatic heterocycles. The predicted octanol–water partition coefficient (Wildman–Crippen LogP) is 3.10. The molecule has 3 heteroatoms. The van der Waals surface area contributed by atoms with Crippen molar-refractivity contribution < 1.29 is 9.59 Å². The van der Waals surface area contributed by atoms with E-state index >= 15 is 0 Å². The summed E-state index contributed by atoms with van der Waals surface area (Å²) < 4.78 is 0. The van der Waals surface area contributed by atoms with Gasteiger partial charge in [0.1, 0.15) is 6.29 Å². The molecule has 1 aromatic rings. The van der Waals surface area contributed by atoms with Crippen LogP contribution in [-0.4, -0.2) is 17.2 Å². The van der Waals surface area contributed by atoms with Crippen molar-refractivity contribution in [3.05, 3.63) is 41.0 Å². The smallest absolute Gasteiger partial charge is 0.186 e. The minimum Gasteiger partial charge on any atom is -0.298 e. The van der Waals surface area contributed by atoms with Gasteiger partial charge in [-0.1, -0.05) is 36.0 Å². The Kier molecular flexibility index (Phi) is 4.99. The van der Waals surface area contributed by atoms with Gasteiger partial charge in [-0.15, -0.1) is 0 Å². The number of hydrogen-bond acceptors (Lipinski definition) is 3. The van der Waals surface area contributed by atoms with E-state index in [0.29, 0.717) is 11.3 Å². The van der Waals surface area contributed by atoms with Gasteiger partial charge in [-0.25, -0.2) is 0 Å². The Hall–Kier alpha value is -1.35. The molecular formula is C13H14O2S. The molecule has 0 saturated heterocycles. The molecule has 0 aliphatic carbocycles. The van der Waals surface area contributed by atoms with Crippen molar-refractivity contribution in [1.82, 2.24) is 0 Å². The lowest BCUT2D eigenvalue weighted by Gasteiger charge is -2.00. The summed E-state index contributed by atoms with van der Waals surface area (Å²) in [6.45, 7) is 3.52. The molecule has 16 heavy (non-hydrogen) atoms. The van der Waals surface area contributed by atoms with Gasteiger partial charge in [0, 0.05) is 18.2 Å². The highest BCUT2D eigenvalue weighted by molar-refractivity contribution is 8.13. The number of hydrogen-bond donors (Lipinski definition) is 0. The van der Waals surface area contributed by atoms with Gasteiger partial charge in [0.2, 0.25) is 0 Å². The molecule has 1 aromatic carbocycles. The summed E-state index contributed by atoms with van der Waals surface area (Å²) >= 11 is 1.28. The largest absolute Gasteiger partial charge is 0.298 e. The molecule has 0 aliphatic rings. The first kappa shape index (κ1) is 12.7. The second-order valence-electron chi connectivity index (χ2n) is 3.44. The van der Waals surface area contributed by atoms with Gasteiger partial charge in [-0.05, 0) is 24.1 Å². The Bertz CT molecular complexity index is 422. The molecule has 84 valence electrons. The minimum absolute atomic E-state index is 0.123. The van der Waals surface area contributed by atoms with Crippen LogP contribution in [0.1, 0.15) is 28.4 Å². The third-order valence-corrected chi connectivity index (χ3v) is 2.88. The lowest BCUT2D eigenvalue weighted by atomic mass is 10.1. The molecule has 0 aromatic heterocycles. The Labute approximate surface area is 99.7 Å². The average Bonchev–Trinajstić information content (AvgIpc) is 2.25. The number of carbonyl (C=O) groups excluding carboxylic acids is 2. The third-order valence-electron chi connectivity index (χ3n) is 2.11. The first-order valence-electron chi connectivity index (χ1n) is 4.99. The molecule has 0 spiro atoms. The maximum absolute atomic E-state index is 10.7. The van der Waals surface area contributed by atoms with Gasteiger partial charge in [0.25, 0.3) is 0 Å². The van der Waals surface area contributed by atoms with E-state index in [1.54, 1.807) is 13.0 Å². The first-order valence-corrected chi connectivity index (χ1v) is 5.98. The number of benzene rings is 1. The number of aryl methyl sites for hydroxylation is 1. The summed E-state index contributed by atoms with van der Waals surface area (Å²) in [5.74, 6) is 0.685. The second-order valence-corrected chi connectivity index (χ2v) is 4.64. The second kappa shape index (κ2) is 6.28. The Morgan fingerprint density at radius 3 is 2.75 bits per heavy atom. The zero-order valence-electron chi connectivity index (χ0n) is 9.40. The van der Waals surface area contributed by atoms with E-state index in [-0.39, 0.29) is 5.12 Å². The standard InChI is InChI=1S/C13H14O2S/c1-10-8-12(9-14)5-6-13(10)4-3-7-16-11(2)15/h3-6,8-9H,7H2,1-2H3. The van der Waals surface area contributed by atoms with Crippen LogP contribution in [0.25, 0.3) is 6.08 Å². The van der Waals surface area contributed by atoms with E-state index in [1.807, 2.05) is 31.2 Å². The summed E-state index contributed by atoms with van der Waals surface area (Å²) in [7, 11) is 0. The summed E-state index contributed by atoms with van der Waals surface area (Å²) in [5, 5.41) is 0.123. The molecule has 0 N–H and O–H groups in total. The predicted molar refractivity (Wildman–Crippen MR) is 68.7 cm³/mol. The first-order chi connectivity index (χ1) is 7.63. The van der Waals surface area contributed by atoms with E-state index in [9.17, 15) is 9.59 Å². The van der Waals surface area contributed by atoms with Crippen LogP contribution in [-0.2, 0) is 4.79 Å². The van der Waals surface area contributed by atoms with Crippen LogP contribution in [0.5, 0.6) is 0 Å². The maximum atomic E-state index is 10.7. The van der Waals surface area contributed by atoms with Crippen molar-refractivity contribution in [2.45, 2.75) is 13.8 Å². The fourth-order valence-electron chi connectivity index (χ4n) is 1.30. The van der Waals surface area contributed by atoms with Crippen LogP contribution in [0.2, 0.25) is 0 Å². The quantitative estimate of drug-likeness (QED) is 0.751. The van der Waals surface area contributed by atoms with Crippen molar-refractivity contribution in [3.63, 3.8) is 0 Å². The van der Waals surface area contributed by atoms with E-state index < -0.39 is 0 Å². The van der Waals surface area contributed by atoms with Crippen molar-refractivity contribution >= 4 is 29.2 Å². The zero-order valence-corrected chi connectivity index (χ0v) is 10.2. The highest BCUT2D eigenvalue weighted by Crippen LogP contribution is 2.12. The van der Waals surface area contributed by atoms with Gasteiger partial charge in [-0.3, -0.25) is 9.59 Å². The van der Waals surface area contributed by atoms with Gasteiger partial charge in [0.05, 0.1) is 0 Å². The fraction of sp³-hybridized carbons (Fsp3) is 0.231. The lowest BCUT2D eigenvalue weighted by Crippen LogP contribution is -1.86. The van der Waals surface area contributed by atoms with Crippen molar-refractivity contribution in [2.24, 2.45) is 0 Å². The van der Waals surface area contributed by atoms with Crippen LogP contribution in [0.15, 0.2) is 24.3 Å². The van der Waals surface area contributed by atoms with Gasteiger partial charge in [0.15, 0.2) is 5.12 Å². The zero-order chi connectivity index (χ0) is 12.0. The number of rotatable bonds is 4. The molecule has 1 rings (SSSR count). The summed E-state index contributed by atoms with van der Waals surface area (Å²) in [5.41, 5.74) is 2.83. The molecule has 0 heterocycles. The average molecular weight is 234 g/mol. The van der Waals surface area contributed by atoms with E-state index in [0.717, 1.165) is 17.4 Å². The van der Waals surface area contributed by atoms with Crippen LogP contribution in [0.3, 0.4) is 0 Å². The SMILES string of the molecule is CC(=O)SCC=Cc1ccc(C=O)cc1C. The molecule has 0 bridgehead atoms. The highest BCUT2D eigenvalue weighted by atomic mass is 32.2. The van der Waals surface area contributed by atoms with E-state index in [1.165, 1.54) is 11.8 Å². The molecule has 0 amide bonds. The normalized spacial score (nSPS) is 10.6. The third kappa shape index (κ3) is 4.03. The summed E-state index contributed by atoms with van der Waals surface area (Å²) in [6.07, 6.45) is 4.76. The monoisotopic (exact) mass is 234 g/mol. The van der Waals surface area contributed by atoms with Crippen LogP contribution >= 0.6 is 11.8 Å². The number of thioether (sulfide) groups is 1. The molecule has 0 saturated carbocycles. The Morgan fingerprint density at radius 2 is 2.19 bits per heavy atom. The maximum Gasteiger partial charge on any atom is 0.186 e. The van der Waals surface area contributed by atoms with E-state index in [4.69, 9.17) is 0 Å². The van der Waals surface area contributed by atoms with Crippen molar-refractivity contribution in [3.8, 4) is 0 Å². The molecule has 0 fully saturated rings. The highest BCUT2D eigenvalue weighted by Gasteiger charge is 1.96. The molecular weight excluding hydrogens is 220 g/mol. The Morgan fingerprint density at radius 1 is 1.44 bits per heavy atom. The van der Waals surface area contributed by atoms with Gasteiger partial charge >= 0.3 is 0 Å². The van der Waals surface area contributed by atoms with Crippen LogP contribution < -0.4 is 0 Å². The molecule has 0 unspecified atom stereocenters.